The lowest BCUT2D eigenvalue weighted by atomic mass is 10.0. The molecule has 1 N–H and O–H groups in total. The Hall–Kier alpha value is -4.81. The van der Waals surface area contributed by atoms with Crippen LogP contribution in [0.1, 0.15) is 38.3 Å². The molecule has 1 saturated heterocycles. The molecule has 41 heavy (non-hydrogen) atoms. The summed E-state index contributed by atoms with van der Waals surface area (Å²) in [6.45, 7) is 2.83. The van der Waals surface area contributed by atoms with Crippen LogP contribution in [0.15, 0.2) is 116 Å². The molecule has 4 aromatic carbocycles. The number of esters is 1. The summed E-state index contributed by atoms with van der Waals surface area (Å²) in [5.41, 5.74) is 4.32. The molecule has 0 aliphatic carbocycles. The lowest BCUT2D eigenvalue weighted by Gasteiger charge is -2.18. The molecule has 1 aliphatic rings. The van der Waals surface area contributed by atoms with Crippen LogP contribution in [0.25, 0.3) is 10.8 Å². The topological polar surface area (TPSA) is 71.5 Å². The second kappa shape index (κ2) is 12.1. The Morgan fingerprint density at radius 3 is 2.49 bits per heavy atom. The number of fused-ring (bicyclic) bond motifs is 1. The van der Waals surface area contributed by atoms with Crippen LogP contribution in [0.5, 0.6) is 5.75 Å². The van der Waals surface area contributed by atoms with Gasteiger partial charge >= 0.3 is 5.97 Å². The molecular weight excluding hydrogens is 510 g/mol. The van der Waals surface area contributed by atoms with Gasteiger partial charge in [0.05, 0.1) is 5.56 Å². The molecular formula is C35H31N3O3. The Morgan fingerprint density at radius 1 is 0.854 bits per heavy atom. The summed E-state index contributed by atoms with van der Waals surface area (Å²) in [4.78, 5) is 32.1. The van der Waals surface area contributed by atoms with E-state index in [1.54, 1.807) is 36.4 Å². The van der Waals surface area contributed by atoms with Crippen molar-refractivity contribution in [1.29, 1.82) is 0 Å². The molecule has 204 valence electrons. The molecule has 6 rings (SSSR count). The van der Waals surface area contributed by atoms with E-state index in [-0.39, 0.29) is 5.78 Å². The van der Waals surface area contributed by atoms with Gasteiger partial charge in [0.1, 0.15) is 5.75 Å². The van der Waals surface area contributed by atoms with E-state index in [2.05, 4.69) is 51.6 Å². The molecule has 1 fully saturated rings. The lowest BCUT2D eigenvalue weighted by Crippen LogP contribution is -2.26. The Kier molecular flexibility index (Phi) is 7.83. The average Bonchev–Trinajstić information content (AvgIpc) is 3.44. The Morgan fingerprint density at radius 2 is 1.63 bits per heavy atom. The van der Waals surface area contributed by atoms with Gasteiger partial charge in [-0.1, -0.05) is 66.7 Å². The van der Waals surface area contributed by atoms with Crippen LogP contribution in [0.3, 0.4) is 0 Å². The third kappa shape index (κ3) is 6.51. The minimum Gasteiger partial charge on any atom is -0.423 e. The van der Waals surface area contributed by atoms with Crippen molar-refractivity contribution in [2.45, 2.75) is 25.4 Å². The maximum absolute atomic E-state index is 13.0. The monoisotopic (exact) mass is 541 g/mol. The van der Waals surface area contributed by atoms with E-state index in [1.807, 2.05) is 42.7 Å². The highest BCUT2D eigenvalue weighted by atomic mass is 16.5. The molecule has 0 radical (unpaired) electrons. The highest BCUT2D eigenvalue weighted by Gasteiger charge is 2.23. The van der Waals surface area contributed by atoms with Gasteiger partial charge in [0, 0.05) is 66.5 Å². The van der Waals surface area contributed by atoms with Crippen LogP contribution in [-0.4, -0.2) is 40.8 Å². The number of ether oxygens (including phenoxy) is 1. The van der Waals surface area contributed by atoms with Gasteiger partial charge in [-0.15, -0.1) is 0 Å². The molecule has 0 amide bonds. The van der Waals surface area contributed by atoms with E-state index >= 15 is 0 Å². The number of hydrogen-bond donors (Lipinski definition) is 1. The predicted octanol–water partition coefficient (Wildman–Crippen LogP) is 6.57. The van der Waals surface area contributed by atoms with Gasteiger partial charge in [0.15, 0.2) is 5.78 Å². The smallest absolute Gasteiger partial charge is 0.343 e. The molecule has 5 aromatic rings. The van der Waals surface area contributed by atoms with E-state index in [0.29, 0.717) is 29.3 Å². The predicted molar refractivity (Wildman–Crippen MR) is 161 cm³/mol. The normalized spacial score (nSPS) is 15.1. The van der Waals surface area contributed by atoms with Gasteiger partial charge < -0.3 is 10.1 Å². The number of carbonyl (C=O) groups is 2. The number of benzene rings is 4. The summed E-state index contributed by atoms with van der Waals surface area (Å²) in [5.74, 6) is 0.0540. The summed E-state index contributed by atoms with van der Waals surface area (Å²) >= 11 is 0. The third-order valence-electron chi connectivity index (χ3n) is 7.47. The van der Waals surface area contributed by atoms with E-state index < -0.39 is 5.97 Å². The zero-order valence-corrected chi connectivity index (χ0v) is 22.7. The van der Waals surface area contributed by atoms with Crippen LogP contribution >= 0.6 is 0 Å². The van der Waals surface area contributed by atoms with Crippen molar-refractivity contribution in [3.05, 3.63) is 138 Å². The van der Waals surface area contributed by atoms with Gasteiger partial charge in [-0.2, -0.15) is 0 Å². The maximum Gasteiger partial charge on any atom is 0.343 e. The van der Waals surface area contributed by atoms with Gasteiger partial charge in [-0.05, 0) is 53.9 Å². The molecule has 0 saturated carbocycles. The number of carbonyl (C=O) groups excluding carboxylic acids is 2. The molecule has 6 nitrogen and oxygen atoms in total. The summed E-state index contributed by atoms with van der Waals surface area (Å²) in [5, 5.41) is 6.07. The lowest BCUT2D eigenvalue weighted by molar-refractivity contribution is 0.0734. The van der Waals surface area contributed by atoms with Crippen LogP contribution in [0, 0.1) is 0 Å². The van der Waals surface area contributed by atoms with Crippen molar-refractivity contribution in [3.8, 4) is 5.75 Å². The number of anilines is 1. The maximum atomic E-state index is 13.0. The first kappa shape index (κ1) is 26.4. The highest BCUT2D eigenvalue weighted by Crippen LogP contribution is 2.25. The number of para-hydroxylation sites is 1. The molecule has 1 unspecified atom stereocenters. The number of pyridine rings is 1. The molecule has 2 heterocycles. The van der Waals surface area contributed by atoms with Crippen molar-refractivity contribution in [2.75, 3.05) is 18.4 Å². The fraction of sp³-hybridized carbons (Fsp3) is 0.171. The number of likely N-dealkylation sites (tertiary alicyclic amines) is 1. The van der Waals surface area contributed by atoms with Crippen LogP contribution in [0.4, 0.5) is 5.69 Å². The second-order valence-electron chi connectivity index (χ2n) is 10.5. The van der Waals surface area contributed by atoms with Crippen LogP contribution < -0.4 is 10.1 Å². The van der Waals surface area contributed by atoms with Gasteiger partial charge in [-0.25, -0.2) is 4.79 Å². The van der Waals surface area contributed by atoms with Gasteiger partial charge in [-0.3, -0.25) is 14.7 Å². The number of rotatable bonds is 9. The second-order valence-corrected chi connectivity index (χ2v) is 10.5. The Bertz CT molecular complexity index is 1660. The molecule has 0 bridgehead atoms. The number of hydrogen-bond acceptors (Lipinski definition) is 6. The van der Waals surface area contributed by atoms with E-state index in [4.69, 9.17) is 4.74 Å². The number of aromatic nitrogens is 1. The van der Waals surface area contributed by atoms with Crippen molar-refractivity contribution in [1.82, 2.24) is 9.88 Å². The number of nitrogens with one attached hydrogen (secondary N) is 1. The van der Waals surface area contributed by atoms with Crippen molar-refractivity contribution in [3.63, 3.8) is 0 Å². The molecule has 6 heteroatoms. The minimum absolute atomic E-state index is 0.0147. The number of Topliss-reactive ketones (excluding diaryl/α,β-unsaturated/α-hetero) is 1. The summed E-state index contributed by atoms with van der Waals surface area (Å²) in [6, 6.07) is 32.6. The Balaban J connectivity index is 1.03. The zero-order chi connectivity index (χ0) is 28.0. The van der Waals surface area contributed by atoms with E-state index in [1.165, 1.54) is 10.9 Å². The fourth-order valence-electron chi connectivity index (χ4n) is 5.39. The summed E-state index contributed by atoms with van der Waals surface area (Å²) in [6.07, 6.45) is 5.12. The van der Waals surface area contributed by atoms with Gasteiger partial charge in [0.25, 0.3) is 0 Å². The zero-order valence-electron chi connectivity index (χ0n) is 22.7. The average molecular weight is 542 g/mol. The number of ketones is 1. The van der Waals surface area contributed by atoms with E-state index in [0.717, 1.165) is 42.7 Å². The van der Waals surface area contributed by atoms with Crippen LogP contribution in [0.2, 0.25) is 0 Å². The quantitative estimate of drug-likeness (QED) is 0.129. The first-order chi connectivity index (χ1) is 20.1. The number of nitrogens with zero attached hydrogens (tertiary/aromatic N) is 2. The SMILES string of the molecule is O=C(Cc1cccc(CN2CCC(Nc3cccc4cnccc34)C2)c1)c1ccc(C(=O)Oc2ccccc2)cc1. The van der Waals surface area contributed by atoms with E-state index in [9.17, 15) is 9.59 Å². The van der Waals surface area contributed by atoms with Crippen LogP contribution in [-0.2, 0) is 13.0 Å². The Labute approximate surface area is 239 Å². The highest BCUT2D eigenvalue weighted by molar-refractivity contribution is 5.99. The first-order valence-electron chi connectivity index (χ1n) is 13.9. The van der Waals surface area contributed by atoms with Crippen molar-refractivity contribution in [2.24, 2.45) is 0 Å². The summed E-state index contributed by atoms with van der Waals surface area (Å²) < 4.78 is 5.38. The van der Waals surface area contributed by atoms with Crippen molar-refractivity contribution >= 4 is 28.2 Å². The van der Waals surface area contributed by atoms with Gasteiger partial charge in [0.2, 0.25) is 0 Å². The molecule has 1 atom stereocenters. The molecule has 0 spiro atoms. The standard InChI is InChI=1S/C35H31N3O3/c39-34(27-12-14-28(15-13-27)35(40)41-31-9-2-1-3-10-31)21-25-6-4-7-26(20-25)23-38-19-17-30(24-38)37-33-11-5-8-29-22-36-18-16-32(29)33/h1-16,18,20,22,30,37H,17,19,21,23-24H2. The molecule has 1 aliphatic heterocycles. The molecule has 1 aromatic heterocycles. The summed E-state index contributed by atoms with van der Waals surface area (Å²) in [7, 11) is 0. The third-order valence-corrected chi connectivity index (χ3v) is 7.47. The fourth-order valence-corrected chi connectivity index (χ4v) is 5.39. The minimum atomic E-state index is -0.448. The van der Waals surface area contributed by atoms with Crippen molar-refractivity contribution < 1.29 is 14.3 Å². The largest absolute Gasteiger partial charge is 0.423 e. The first-order valence-corrected chi connectivity index (χ1v) is 13.9.